The summed E-state index contributed by atoms with van der Waals surface area (Å²) in [4.78, 5) is 89.2. The molecule has 2 aliphatic carbocycles. The van der Waals surface area contributed by atoms with E-state index in [0.29, 0.717) is 121 Å². The summed E-state index contributed by atoms with van der Waals surface area (Å²) in [5.74, 6) is -3.55. The van der Waals surface area contributed by atoms with Crippen LogP contribution in [-0.4, -0.2) is 115 Å². The Bertz CT molecular complexity index is 2380. The lowest BCUT2D eigenvalue weighted by atomic mass is 9.82. The molecule has 0 aliphatic heterocycles. The molecule has 79 heavy (non-hydrogen) atoms. The molecule has 2 saturated carbocycles. The molecule has 0 radical (unpaired) electrons. The Labute approximate surface area is 462 Å². The molecule has 430 valence electrons. The van der Waals surface area contributed by atoms with Gasteiger partial charge in [-0.25, -0.2) is 14.4 Å². The summed E-state index contributed by atoms with van der Waals surface area (Å²) in [7, 11) is 1.57. The van der Waals surface area contributed by atoms with Crippen LogP contribution in [0.4, 0.5) is 0 Å². The van der Waals surface area contributed by atoms with Crippen LogP contribution in [-0.2, 0) is 57.2 Å². The number of hydrogen-bond donors (Lipinski definition) is 0. The van der Waals surface area contributed by atoms with Crippen molar-refractivity contribution in [2.24, 2.45) is 23.7 Å². The molecule has 0 heterocycles. The Hall–Kier alpha value is -7.09. The number of esters is 7. The van der Waals surface area contributed by atoms with E-state index in [1.807, 2.05) is 0 Å². The van der Waals surface area contributed by atoms with Crippen molar-refractivity contribution in [3.63, 3.8) is 0 Å². The van der Waals surface area contributed by atoms with Crippen molar-refractivity contribution in [3.8, 4) is 34.5 Å². The maximum Gasteiger partial charge on any atom is 0.342 e. The number of rotatable bonds is 36. The van der Waals surface area contributed by atoms with Gasteiger partial charge in [0.1, 0.15) is 46.7 Å². The van der Waals surface area contributed by atoms with Gasteiger partial charge < -0.3 is 56.8 Å². The molecule has 3 aromatic carbocycles. The standard InChI is InChI=1S/C60H76O19/c1-4-54(61)73-34-12-8-6-10-32-71-47-22-26-49(27-23-47)76-56(63)43-14-16-45(17-15-43)58(65)78-51-30-31-53(52(42-51)60(67)75-41-40-70-39-38-69-37-36-68-3)79-59(66)46-20-18-44(19-21-46)57(64)77-50-28-24-48(25-29-50)72-33-11-7-9-13-35-74-55(62)5-2/h4-5,22-31,42-46H,1-2,6-21,32-41H2,3H3. The Morgan fingerprint density at radius 1 is 0.405 bits per heavy atom. The highest BCUT2D eigenvalue weighted by Gasteiger charge is 2.35. The molecule has 19 nitrogen and oxygen atoms in total. The summed E-state index contributed by atoms with van der Waals surface area (Å²) in [6.45, 7) is 9.88. The molecule has 0 bridgehead atoms. The maximum atomic E-state index is 13.6. The molecule has 0 saturated heterocycles. The molecule has 0 unspecified atom stereocenters. The fourth-order valence-electron chi connectivity index (χ4n) is 8.64. The van der Waals surface area contributed by atoms with Crippen LogP contribution in [0.25, 0.3) is 0 Å². The zero-order valence-electron chi connectivity index (χ0n) is 45.4. The molecule has 5 rings (SSSR count). The first kappa shape index (κ1) is 62.7. The largest absolute Gasteiger partial charge is 0.494 e. The summed E-state index contributed by atoms with van der Waals surface area (Å²) < 4.78 is 65.8. The van der Waals surface area contributed by atoms with Crippen molar-refractivity contribution in [1.29, 1.82) is 0 Å². The number of benzene rings is 3. The van der Waals surface area contributed by atoms with E-state index in [-0.39, 0.29) is 36.9 Å². The lowest BCUT2D eigenvalue weighted by molar-refractivity contribution is -0.145. The fraction of sp³-hybridized carbons (Fsp3) is 0.517. The zero-order chi connectivity index (χ0) is 56.5. The Kier molecular flexibility index (Phi) is 28.7. The Morgan fingerprint density at radius 2 is 0.759 bits per heavy atom. The summed E-state index contributed by atoms with van der Waals surface area (Å²) in [6.07, 6.45) is 12.1. The normalized spacial score (nSPS) is 16.8. The monoisotopic (exact) mass is 1100 g/mol. The molecule has 0 spiro atoms. The molecular formula is C60H76O19. The van der Waals surface area contributed by atoms with E-state index in [1.54, 1.807) is 55.6 Å². The second kappa shape index (κ2) is 36.2. The highest BCUT2D eigenvalue weighted by molar-refractivity contribution is 5.94. The number of ether oxygens (including phenoxy) is 12. The van der Waals surface area contributed by atoms with Crippen molar-refractivity contribution >= 4 is 41.8 Å². The van der Waals surface area contributed by atoms with Gasteiger partial charge in [-0.15, -0.1) is 0 Å². The summed E-state index contributed by atoms with van der Waals surface area (Å²) in [5, 5.41) is 0. The SMILES string of the molecule is C=CC(=O)OCCCCCCOc1ccc(OC(=O)C2CCC(C(=O)Oc3ccc(OC(=O)C4CCC(C(=O)Oc5ccc(OCCCCCCOC(=O)C=C)cc5)CC4)c(C(=O)OCCOCCOCCOC)c3)CC2)cc1. The van der Waals surface area contributed by atoms with E-state index in [1.165, 1.54) is 18.2 Å². The van der Waals surface area contributed by atoms with E-state index in [0.717, 1.165) is 63.5 Å². The van der Waals surface area contributed by atoms with Gasteiger partial charge in [-0.3, -0.25) is 19.2 Å². The van der Waals surface area contributed by atoms with E-state index >= 15 is 0 Å². The maximum absolute atomic E-state index is 13.6. The van der Waals surface area contributed by atoms with Crippen LogP contribution in [0.15, 0.2) is 92.0 Å². The fourth-order valence-corrected chi connectivity index (χ4v) is 8.64. The van der Waals surface area contributed by atoms with Gasteiger partial charge >= 0.3 is 41.8 Å². The van der Waals surface area contributed by atoms with Crippen LogP contribution < -0.4 is 28.4 Å². The summed E-state index contributed by atoms with van der Waals surface area (Å²) >= 11 is 0. The number of hydrogen-bond acceptors (Lipinski definition) is 19. The topological polar surface area (TPSA) is 230 Å². The van der Waals surface area contributed by atoms with Crippen LogP contribution in [0.5, 0.6) is 34.5 Å². The molecule has 3 aromatic rings. The van der Waals surface area contributed by atoms with Gasteiger partial charge in [-0.2, -0.15) is 0 Å². The van der Waals surface area contributed by atoms with Gasteiger partial charge in [-0.05, 0) is 169 Å². The van der Waals surface area contributed by atoms with Crippen molar-refractivity contribution < 1.29 is 90.4 Å². The predicted octanol–water partition coefficient (Wildman–Crippen LogP) is 9.49. The Balaban J connectivity index is 1.06. The molecule has 19 heteroatoms. The van der Waals surface area contributed by atoms with E-state index < -0.39 is 65.5 Å². The lowest BCUT2D eigenvalue weighted by Crippen LogP contribution is -2.31. The first-order chi connectivity index (χ1) is 38.5. The molecule has 2 aliphatic rings. The van der Waals surface area contributed by atoms with E-state index in [2.05, 4.69) is 13.2 Å². The lowest BCUT2D eigenvalue weighted by Gasteiger charge is -2.26. The smallest absolute Gasteiger partial charge is 0.342 e. The van der Waals surface area contributed by atoms with Crippen LogP contribution in [0.2, 0.25) is 0 Å². The summed E-state index contributed by atoms with van der Waals surface area (Å²) in [6, 6.07) is 17.7. The van der Waals surface area contributed by atoms with Crippen LogP contribution in [0.1, 0.15) is 113 Å². The summed E-state index contributed by atoms with van der Waals surface area (Å²) in [5.41, 5.74) is -0.139. The van der Waals surface area contributed by atoms with Crippen molar-refractivity contribution in [2.45, 2.75) is 103 Å². The Morgan fingerprint density at radius 3 is 1.18 bits per heavy atom. The first-order valence-electron chi connectivity index (χ1n) is 27.3. The molecule has 0 atom stereocenters. The highest BCUT2D eigenvalue weighted by atomic mass is 16.6. The number of carbonyl (C=O) groups excluding carboxylic acids is 7. The van der Waals surface area contributed by atoms with Gasteiger partial charge in [0.25, 0.3) is 0 Å². The van der Waals surface area contributed by atoms with Crippen LogP contribution in [0, 0.1) is 23.7 Å². The molecule has 0 aromatic heterocycles. The quantitative estimate of drug-likeness (QED) is 0.0173. The highest BCUT2D eigenvalue weighted by Crippen LogP contribution is 2.35. The molecular weight excluding hydrogens is 1020 g/mol. The third-order valence-electron chi connectivity index (χ3n) is 13.2. The molecule has 0 N–H and O–H groups in total. The number of unbranched alkanes of at least 4 members (excludes halogenated alkanes) is 6. The van der Waals surface area contributed by atoms with E-state index in [9.17, 15) is 33.6 Å². The second-order valence-electron chi connectivity index (χ2n) is 19.0. The minimum absolute atomic E-state index is 0.0362. The van der Waals surface area contributed by atoms with Crippen LogP contribution >= 0.6 is 0 Å². The minimum atomic E-state index is -0.834. The minimum Gasteiger partial charge on any atom is -0.494 e. The van der Waals surface area contributed by atoms with E-state index in [4.69, 9.17) is 56.8 Å². The van der Waals surface area contributed by atoms with Crippen molar-refractivity contribution in [1.82, 2.24) is 0 Å². The van der Waals surface area contributed by atoms with Crippen molar-refractivity contribution in [2.75, 3.05) is 73.2 Å². The molecule has 0 amide bonds. The average molecular weight is 1100 g/mol. The average Bonchev–Trinajstić information content (AvgIpc) is 3.48. The van der Waals surface area contributed by atoms with Gasteiger partial charge in [0, 0.05) is 19.3 Å². The van der Waals surface area contributed by atoms with Gasteiger partial charge in [0.15, 0.2) is 0 Å². The first-order valence-corrected chi connectivity index (χ1v) is 27.3. The number of methoxy groups -OCH3 is 1. The third-order valence-corrected chi connectivity index (χ3v) is 13.2. The zero-order valence-corrected chi connectivity index (χ0v) is 45.4. The van der Waals surface area contributed by atoms with Gasteiger partial charge in [0.05, 0.1) is 83.1 Å². The van der Waals surface area contributed by atoms with Gasteiger partial charge in [0.2, 0.25) is 0 Å². The third kappa shape index (κ3) is 23.8. The van der Waals surface area contributed by atoms with Crippen LogP contribution in [0.3, 0.4) is 0 Å². The van der Waals surface area contributed by atoms with Crippen molar-refractivity contribution in [3.05, 3.63) is 97.6 Å². The van der Waals surface area contributed by atoms with Gasteiger partial charge in [-0.1, -0.05) is 13.2 Å². The molecule has 2 fully saturated rings. The second-order valence-corrected chi connectivity index (χ2v) is 19.0. The number of carbonyl (C=O) groups is 7. The predicted molar refractivity (Wildman–Crippen MR) is 287 cm³/mol.